The average Bonchev–Trinajstić information content (AvgIpc) is 2.03. The Morgan fingerprint density at radius 1 is 1.38 bits per heavy atom. The molecular formula is C11H16FN. The SMILES string of the molecule is Cc1cccc(F)c1NCC(C)C. The van der Waals surface area contributed by atoms with Crippen LogP contribution in [-0.4, -0.2) is 6.54 Å². The predicted octanol–water partition coefficient (Wildman–Crippen LogP) is 3.20. The number of benzene rings is 1. The molecule has 2 heteroatoms. The molecule has 1 aromatic carbocycles. The molecule has 72 valence electrons. The van der Waals surface area contributed by atoms with Crippen molar-refractivity contribution in [2.75, 3.05) is 11.9 Å². The standard InChI is InChI=1S/C11H16FN/c1-8(2)7-13-11-9(3)5-4-6-10(11)12/h4-6,8,13H,7H2,1-3H3. The molecule has 0 aromatic heterocycles. The van der Waals surface area contributed by atoms with Crippen LogP contribution in [0.15, 0.2) is 18.2 Å². The van der Waals surface area contributed by atoms with Gasteiger partial charge in [-0.25, -0.2) is 4.39 Å². The van der Waals surface area contributed by atoms with Crippen molar-refractivity contribution in [3.8, 4) is 0 Å². The highest BCUT2D eigenvalue weighted by atomic mass is 19.1. The van der Waals surface area contributed by atoms with Gasteiger partial charge in [0.15, 0.2) is 0 Å². The van der Waals surface area contributed by atoms with Gasteiger partial charge in [0.05, 0.1) is 5.69 Å². The van der Waals surface area contributed by atoms with Crippen LogP contribution in [0.2, 0.25) is 0 Å². The summed E-state index contributed by atoms with van der Waals surface area (Å²) in [5.74, 6) is 0.361. The Kier molecular flexibility index (Phi) is 3.29. The minimum Gasteiger partial charge on any atom is -0.382 e. The van der Waals surface area contributed by atoms with E-state index in [2.05, 4.69) is 19.2 Å². The number of para-hydroxylation sites is 1. The Hall–Kier alpha value is -1.05. The zero-order valence-corrected chi connectivity index (χ0v) is 8.39. The third-order valence-electron chi connectivity index (χ3n) is 1.91. The summed E-state index contributed by atoms with van der Waals surface area (Å²) in [6.45, 7) is 6.92. The minimum atomic E-state index is -0.166. The van der Waals surface area contributed by atoms with Crippen LogP contribution in [0, 0.1) is 18.7 Å². The van der Waals surface area contributed by atoms with Gasteiger partial charge in [-0.1, -0.05) is 26.0 Å². The van der Waals surface area contributed by atoms with E-state index in [1.54, 1.807) is 6.07 Å². The number of aryl methyl sites for hydroxylation is 1. The molecule has 0 aliphatic heterocycles. The monoisotopic (exact) mass is 181 g/mol. The van der Waals surface area contributed by atoms with Gasteiger partial charge in [-0.2, -0.15) is 0 Å². The number of hydrogen-bond acceptors (Lipinski definition) is 1. The molecule has 0 saturated heterocycles. The van der Waals surface area contributed by atoms with E-state index >= 15 is 0 Å². The molecule has 0 fully saturated rings. The number of rotatable bonds is 3. The van der Waals surface area contributed by atoms with E-state index in [0.717, 1.165) is 12.1 Å². The smallest absolute Gasteiger partial charge is 0.146 e. The van der Waals surface area contributed by atoms with E-state index in [1.807, 2.05) is 13.0 Å². The lowest BCUT2D eigenvalue weighted by Crippen LogP contribution is -2.10. The van der Waals surface area contributed by atoms with Crippen molar-refractivity contribution in [3.05, 3.63) is 29.6 Å². The molecule has 1 N–H and O–H groups in total. The zero-order valence-electron chi connectivity index (χ0n) is 8.39. The van der Waals surface area contributed by atoms with Crippen molar-refractivity contribution in [2.45, 2.75) is 20.8 Å². The largest absolute Gasteiger partial charge is 0.382 e. The van der Waals surface area contributed by atoms with Crippen LogP contribution in [0.1, 0.15) is 19.4 Å². The number of halogens is 1. The van der Waals surface area contributed by atoms with Crippen molar-refractivity contribution < 1.29 is 4.39 Å². The maximum absolute atomic E-state index is 13.2. The topological polar surface area (TPSA) is 12.0 Å². The summed E-state index contributed by atoms with van der Waals surface area (Å²) in [6, 6.07) is 5.12. The number of anilines is 1. The normalized spacial score (nSPS) is 10.5. The van der Waals surface area contributed by atoms with Crippen LogP contribution in [0.3, 0.4) is 0 Å². The highest BCUT2D eigenvalue weighted by Gasteiger charge is 2.04. The molecule has 1 aromatic rings. The first-order chi connectivity index (χ1) is 6.11. The van der Waals surface area contributed by atoms with E-state index in [9.17, 15) is 4.39 Å². The molecule has 0 aliphatic carbocycles. The Labute approximate surface area is 79.0 Å². The third-order valence-corrected chi connectivity index (χ3v) is 1.91. The molecule has 0 spiro atoms. The van der Waals surface area contributed by atoms with Gasteiger partial charge in [0.25, 0.3) is 0 Å². The Balaban J connectivity index is 2.75. The number of hydrogen-bond donors (Lipinski definition) is 1. The first-order valence-corrected chi connectivity index (χ1v) is 4.60. The molecule has 0 heterocycles. The van der Waals surface area contributed by atoms with Crippen LogP contribution in [0.25, 0.3) is 0 Å². The fourth-order valence-electron chi connectivity index (χ4n) is 1.16. The summed E-state index contributed by atoms with van der Waals surface area (Å²) in [7, 11) is 0. The fraction of sp³-hybridized carbons (Fsp3) is 0.455. The van der Waals surface area contributed by atoms with E-state index in [4.69, 9.17) is 0 Å². The van der Waals surface area contributed by atoms with Crippen LogP contribution in [-0.2, 0) is 0 Å². The molecule has 1 nitrogen and oxygen atoms in total. The predicted molar refractivity (Wildman–Crippen MR) is 54.5 cm³/mol. The van der Waals surface area contributed by atoms with Crippen LogP contribution < -0.4 is 5.32 Å². The molecule has 1 rings (SSSR count). The molecule has 0 amide bonds. The minimum absolute atomic E-state index is 0.166. The second-order valence-electron chi connectivity index (χ2n) is 3.71. The lowest BCUT2D eigenvalue weighted by atomic mass is 10.1. The highest BCUT2D eigenvalue weighted by molar-refractivity contribution is 5.51. The van der Waals surface area contributed by atoms with E-state index in [0.29, 0.717) is 11.6 Å². The zero-order chi connectivity index (χ0) is 9.84. The fourth-order valence-corrected chi connectivity index (χ4v) is 1.16. The molecule has 0 radical (unpaired) electrons. The van der Waals surface area contributed by atoms with Crippen molar-refractivity contribution in [1.29, 1.82) is 0 Å². The molecule has 0 saturated carbocycles. The lowest BCUT2D eigenvalue weighted by Gasteiger charge is -2.11. The second kappa shape index (κ2) is 4.26. The summed E-state index contributed by atoms with van der Waals surface area (Å²) < 4.78 is 13.2. The van der Waals surface area contributed by atoms with Crippen molar-refractivity contribution in [1.82, 2.24) is 0 Å². The lowest BCUT2D eigenvalue weighted by molar-refractivity contribution is 0.623. The maximum atomic E-state index is 13.2. The quantitative estimate of drug-likeness (QED) is 0.755. The Morgan fingerprint density at radius 2 is 2.08 bits per heavy atom. The first-order valence-electron chi connectivity index (χ1n) is 4.60. The first kappa shape index (κ1) is 10.0. The van der Waals surface area contributed by atoms with Crippen molar-refractivity contribution in [3.63, 3.8) is 0 Å². The van der Waals surface area contributed by atoms with E-state index < -0.39 is 0 Å². The van der Waals surface area contributed by atoms with Gasteiger partial charge >= 0.3 is 0 Å². The summed E-state index contributed by atoms with van der Waals surface area (Å²) in [4.78, 5) is 0. The van der Waals surface area contributed by atoms with E-state index in [1.165, 1.54) is 6.07 Å². The molecule has 0 bridgehead atoms. The van der Waals surface area contributed by atoms with Gasteiger partial charge in [-0.15, -0.1) is 0 Å². The van der Waals surface area contributed by atoms with Gasteiger partial charge < -0.3 is 5.32 Å². The molecule has 0 atom stereocenters. The highest BCUT2D eigenvalue weighted by Crippen LogP contribution is 2.18. The second-order valence-corrected chi connectivity index (χ2v) is 3.71. The van der Waals surface area contributed by atoms with Crippen molar-refractivity contribution in [2.24, 2.45) is 5.92 Å². The Bertz CT molecular complexity index is 261. The summed E-state index contributed by atoms with van der Waals surface area (Å²) in [5.41, 5.74) is 1.59. The molecular weight excluding hydrogens is 165 g/mol. The van der Waals surface area contributed by atoms with Crippen LogP contribution >= 0.6 is 0 Å². The van der Waals surface area contributed by atoms with Crippen molar-refractivity contribution >= 4 is 5.69 Å². The third kappa shape index (κ3) is 2.72. The number of nitrogens with one attached hydrogen (secondary N) is 1. The van der Waals surface area contributed by atoms with Gasteiger partial charge in [0.2, 0.25) is 0 Å². The molecule has 0 aliphatic rings. The van der Waals surface area contributed by atoms with Gasteiger partial charge in [-0.05, 0) is 24.5 Å². The molecule has 0 unspecified atom stereocenters. The molecule has 13 heavy (non-hydrogen) atoms. The maximum Gasteiger partial charge on any atom is 0.146 e. The Morgan fingerprint density at radius 3 is 2.62 bits per heavy atom. The van der Waals surface area contributed by atoms with E-state index in [-0.39, 0.29) is 5.82 Å². The van der Waals surface area contributed by atoms with Gasteiger partial charge in [0.1, 0.15) is 5.82 Å². The summed E-state index contributed by atoms with van der Waals surface area (Å²) in [5, 5.41) is 3.11. The summed E-state index contributed by atoms with van der Waals surface area (Å²) >= 11 is 0. The summed E-state index contributed by atoms with van der Waals surface area (Å²) in [6.07, 6.45) is 0. The van der Waals surface area contributed by atoms with Crippen LogP contribution in [0.4, 0.5) is 10.1 Å². The average molecular weight is 181 g/mol. The van der Waals surface area contributed by atoms with Crippen LogP contribution in [0.5, 0.6) is 0 Å². The van der Waals surface area contributed by atoms with Gasteiger partial charge in [-0.3, -0.25) is 0 Å². The van der Waals surface area contributed by atoms with Gasteiger partial charge in [0, 0.05) is 6.54 Å².